The molecule has 2 atom stereocenters. The van der Waals surface area contributed by atoms with E-state index >= 15 is 0 Å². The van der Waals surface area contributed by atoms with Crippen molar-refractivity contribution in [3.8, 4) is 0 Å². The summed E-state index contributed by atoms with van der Waals surface area (Å²) in [6, 6.07) is 0.107. The Morgan fingerprint density at radius 3 is 2.40 bits per heavy atom. The van der Waals surface area contributed by atoms with Gasteiger partial charge in [-0.1, -0.05) is 16.8 Å². The molecule has 1 saturated heterocycles. The van der Waals surface area contributed by atoms with Crippen molar-refractivity contribution in [3.63, 3.8) is 0 Å². The Labute approximate surface area is 239 Å². The van der Waals surface area contributed by atoms with E-state index in [1.54, 1.807) is 5.32 Å². The van der Waals surface area contributed by atoms with Gasteiger partial charge in [-0.05, 0) is 43.5 Å². The van der Waals surface area contributed by atoms with Crippen molar-refractivity contribution in [3.05, 3.63) is 55.5 Å². The van der Waals surface area contributed by atoms with Gasteiger partial charge in [0.05, 0.1) is 26.8 Å². The van der Waals surface area contributed by atoms with E-state index in [4.69, 9.17) is 11.6 Å². The van der Waals surface area contributed by atoms with Crippen LogP contribution in [0.5, 0.6) is 0 Å². The van der Waals surface area contributed by atoms with E-state index in [0.29, 0.717) is 17.8 Å². The molecule has 6 nitrogen and oxygen atoms in total. The van der Waals surface area contributed by atoms with Crippen LogP contribution in [0.15, 0.2) is 23.4 Å². The quantitative estimate of drug-likeness (QED) is 0.364. The minimum atomic E-state index is -5.48. The second-order valence-corrected chi connectivity index (χ2v) is 11.0. The Balaban J connectivity index is 1.63. The molecule has 230 valence electrons. The van der Waals surface area contributed by atoms with Crippen molar-refractivity contribution < 1.29 is 58.3 Å². The molecular formula is C24H18ClF10N3O3S. The van der Waals surface area contributed by atoms with Crippen LogP contribution in [0.4, 0.5) is 43.9 Å². The molecule has 0 saturated carbocycles. The lowest BCUT2D eigenvalue weighted by Gasteiger charge is -2.30. The van der Waals surface area contributed by atoms with Gasteiger partial charge in [-0.2, -0.15) is 39.5 Å². The zero-order valence-electron chi connectivity index (χ0n) is 21.0. The Morgan fingerprint density at radius 1 is 1.14 bits per heavy atom. The molecule has 1 fully saturated rings. The average molecular weight is 654 g/mol. The predicted molar refractivity (Wildman–Crippen MR) is 129 cm³/mol. The van der Waals surface area contributed by atoms with E-state index in [9.17, 15) is 53.5 Å². The molecule has 1 N–H and O–H groups in total. The molecule has 0 radical (unpaired) electrons. The first-order chi connectivity index (χ1) is 19.2. The van der Waals surface area contributed by atoms with Gasteiger partial charge in [0, 0.05) is 12.1 Å². The van der Waals surface area contributed by atoms with E-state index in [0.717, 1.165) is 4.90 Å². The van der Waals surface area contributed by atoms with Crippen LogP contribution >= 0.6 is 22.9 Å². The number of benzene rings is 1. The highest BCUT2D eigenvalue weighted by Crippen LogP contribution is 2.51. The summed E-state index contributed by atoms with van der Waals surface area (Å²) in [5.74, 6) is -3.59. The first-order valence-electron chi connectivity index (χ1n) is 11.9. The van der Waals surface area contributed by atoms with Gasteiger partial charge in [-0.15, -0.1) is 11.3 Å². The molecule has 3 heterocycles. The summed E-state index contributed by atoms with van der Waals surface area (Å²) in [7, 11) is 0. The van der Waals surface area contributed by atoms with Crippen LogP contribution in [0.1, 0.15) is 50.5 Å². The highest BCUT2D eigenvalue weighted by molar-refractivity contribution is 7.16. The first kappa shape index (κ1) is 31.8. The van der Waals surface area contributed by atoms with E-state index < -0.39 is 82.6 Å². The Hall–Kier alpha value is -3.08. The van der Waals surface area contributed by atoms with Crippen molar-refractivity contribution in [1.29, 1.82) is 0 Å². The number of rotatable bonds is 5. The number of nitrogens with zero attached hydrogens (tertiary/aromatic N) is 2. The van der Waals surface area contributed by atoms with Gasteiger partial charge in [-0.25, -0.2) is 4.39 Å². The predicted octanol–water partition coefficient (Wildman–Crippen LogP) is 6.73. The number of carbonyl (C=O) groups excluding carboxylic acids is 2. The first-order valence-corrected chi connectivity index (χ1v) is 13.1. The maximum absolute atomic E-state index is 14.8. The zero-order valence-corrected chi connectivity index (χ0v) is 22.6. The maximum atomic E-state index is 14.8. The SMILES string of the molecule is Cc1cc(C2=NO[C@](c3cc(C(F)(F)F)cc(Cl)c3F)(C(F)(F)F)C2)sc1C(=O)N1CCC[C@H]1C(=O)NCC(F)(F)F. The van der Waals surface area contributed by atoms with Gasteiger partial charge in [0.1, 0.15) is 24.1 Å². The molecule has 2 amide bonds. The molecule has 2 aliphatic heterocycles. The second-order valence-electron chi connectivity index (χ2n) is 9.56. The van der Waals surface area contributed by atoms with Crippen LogP contribution in [0.2, 0.25) is 5.02 Å². The summed E-state index contributed by atoms with van der Waals surface area (Å²) in [6.45, 7) is -0.181. The number of nitrogens with one attached hydrogen (secondary N) is 1. The van der Waals surface area contributed by atoms with Crippen LogP contribution in [0.3, 0.4) is 0 Å². The number of hydrogen-bond donors (Lipinski definition) is 1. The molecule has 18 heteroatoms. The van der Waals surface area contributed by atoms with E-state index in [2.05, 4.69) is 9.99 Å². The molecule has 0 unspecified atom stereocenters. The largest absolute Gasteiger partial charge is 0.435 e. The van der Waals surface area contributed by atoms with Crippen LogP contribution in [-0.2, 0) is 21.4 Å². The zero-order chi connectivity index (χ0) is 31.4. The normalized spacial score (nSPS) is 21.4. The number of oxime groups is 1. The number of carbonyl (C=O) groups is 2. The number of likely N-dealkylation sites (tertiary alicyclic amines) is 1. The third kappa shape index (κ3) is 6.02. The maximum Gasteiger partial charge on any atom is 0.435 e. The topological polar surface area (TPSA) is 71.0 Å². The smallest absolute Gasteiger partial charge is 0.374 e. The molecule has 2 aromatic rings. The number of amides is 2. The summed E-state index contributed by atoms with van der Waals surface area (Å²) in [6.07, 6.45) is -16.2. The molecule has 0 spiro atoms. The van der Waals surface area contributed by atoms with Crippen molar-refractivity contribution in [2.24, 2.45) is 5.16 Å². The third-order valence-corrected chi connectivity index (χ3v) is 8.20. The highest BCUT2D eigenvalue weighted by atomic mass is 35.5. The number of hydrogen-bond acceptors (Lipinski definition) is 5. The number of alkyl halides is 9. The molecule has 42 heavy (non-hydrogen) atoms. The Bertz CT molecular complexity index is 1440. The van der Waals surface area contributed by atoms with Gasteiger partial charge in [0.2, 0.25) is 5.91 Å². The third-order valence-electron chi connectivity index (χ3n) is 6.65. The second kappa shape index (κ2) is 10.9. The summed E-state index contributed by atoms with van der Waals surface area (Å²) >= 11 is 6.13. The number of halogens is 11. The van der Waals surface area contributed by atoms with Crippen LogP contribution in [-0.4, -0.2) is 53.9 Å². The van der Waals surface area contributed by atoms with Crippen molar-refractivity contribution in [1.82, 2.24) is 10.2 Å². The minimum Gasteiger partial charge on any atom is -0.374 e. The summed E-state index contributed by atoms with van der Waals surface area (Å²) < 4.78 is 135. The van der Waals surface area contributed by atoms with E-state index in [1.807, 2.05) is 0 Å². The summed E-state index contributed by atoms with van der Waals surface area (Å²) in [5, 5.41) is 3.88. The monoisotopic (exact) mass is 653 g/mol. The van der Waals surface area contributed by atoms with Crippen LogP contribution < -0.4 is 5.32 Å². The fourth-order valence-electron chi connectivity index (χ4n) is 4.62. The van der Waals surface area contributed by atoms with Crippen LogP contribution in [0.25, 0.3) is 0 Å². The molecule has 0 bridgehead atoms. The van der Waals surface area contributed by atoms with E-state index in [1.165, 1.54) is 13.0 Å². The van der Waals surface area contributed by atoms with Crippen LogP contribution in [0, 0.1) is 12.7 Å². The summed E-state index contributed by atoms with van der Waals surface area (Å²) in [4.78, 5) is 31.1. The van der Waals surface area contributed by atoms with Crippen molar-refractivity contribution in [2.45, 2.75) is 56.4 Å². The van der Waals surface area contributed by atoms with Gasteiger partial charge in [-0.3, -0.25) is 9.59 Å². The number of thiophene rings is 1. The summed E-state index contributed by atoms with van der Waals surface area (Å²) in [5.41, 5.74) is -7.13. The molecule has 1 aromatic heterocycles. The highest BCUT2D eigenvalue weighted by Gasteiger charge is 2.64. The molecule has 1 aromatic carbocycles. The molecule has 0 aliphatic carbocycles. The lowest BCUT2D eigenvalue weighted by atomic mass is 9.86. The van der Waals surface area contributed by atoms with Gasteiger partial charge < -0.3 is 15.1 Å². The number of aryl methyl sites for hydroxylation is 1. The fraction of sp³-hybridized carbons (Fsp3) is 0.458. The standard InChI is InChI=1S/C24H18ClF10N3O3S/c1-10-5-16(42-18(10)20(40)38-4-2-3-15(38)19(39)36-9-22(27,28)29)14-8-21(41-37-14,24(33,34)35)12-6-11(23(30,31)32)7-13(25)17(12)26/h5-7,15H,2-4,8-9H2,1H3,(H,36,39)/t15-,21+/m0/s1. The van der Waals surface area contributed by atoms with E-state index in [-0.39, 0.29) is 40.4 Å². The van der Waals surface area contributed by atoms with Gasteiger partial charge >= 0.3 is 18.5 Å². The fourth-order valence-corrected chi connectivity index (χ4v) is 5.94. The molecule has 4 rings (SSSR count). The van der Waals surface area contributed by atoms with Crippen molar-refractivity contribution >= 4 is 40.5 Å². The Kier molecular flexibility index (Phi) is 8.25. The lowest BCUT2D eigenvalue weighted by molar-refractivity contribution is -0.276. The van der Waals surface area contributed by atoms with Crippen molar-refractivity contribution in [2.75, 3.05) is 13.1 Å². The lowest BCUT2D eigenvalue weighted by Crippen LogP contribution is -2.47. The molecular weight excluding hydrogens is 636 g/mol. The minimum absolute atomic E-state index is 0.0203. The van der Waals surface area contributed by atoms with Gasteiger partial charge in [0.15, 0.2) is 0 Å². The average Bonchev–Trinajstić information content (AvgIpc) is 3.60. The Morgan fingerprint density at radius 2 is 1.81 bits per heavy atom. The van der Waals surface area contributed by atoms with Gasteiger partial charge in [0.25, 0.3) is 11.5 Å². The molecule has 2 aliphatic rings.